The molecule has 7 nitrogen and oxygen atoms in total. The van der Waals surface area contributed by atoms with Crippen LogP contribution in [-0.4, -0.2) is 36.7 Å². The van der Waals surface area contributed by atoms with Gasteiger partial charge < -0.3 is 5.32 Å². The minimum absolute atomic E-state index is 0.160. The summed E-state index contributed by atoms with van der Waals surface area (Å²) in [6.07, 6.45) is 1.27. The summed E-state index contributed by atoms with van der Waals surface area (Å²) in [4.78, 5) is 18.3. The smallest absolute Gasteiger partial charge is 0.280 e. The molecule has 3 aromatic rings. The largest absolute Gasteiger partial charge is 0.325 e. The van der Waals surface area contributed by atoms with Gasteiger partial charge in [0.2, 0.25) is 5.91 Å². The number of hydrogen-bond acceptors (Lipinski definition) is 5. The Morgan fingerprint density at radius 1 is 1.25 bits per heavy atom. The average Bonchev–Trinajstić information content (AvgIpc) is 3.23. The molecule has 0 bridgehead atoms. The Balaban J connectivity index is 1.56. The first-order valence-corrected chi connectivity index (χ1v) is 12.0. The van der Waals surface area contributed by atoms with Gasteiger partial charge in [-0.25, -0.2) is 8.78 Å². The molecular formula is C20H17ClF2N4O3S2. The third-order valence-electron chi connectivity index (χ3n) is 5.01. The quantitative estimate of drug-likeness (QED) is 0.569. The van der Waals surface area contributed by atoms with Crippen LogP contribution in [0.4, 0.5) is 14.5 Å². The molecule has 168 valence electrons. The molecule has 0 spiro atoms. The molecule has 1 amide bonds. The van der Waals surface area contributed by atoms with E-state index in [-0.39, 0.29) is 17.1 Å². The molecular weight excluding hydrogens is 482 g/mol. The van der Waals surface area contributed by atoms with Gasteiger partial charge in [-0.05, 0) is 48.9 Å². The molecule has 2 atom stereocenters. The summed E-state index contributed by atoms with van der Waals surface area (Å²) >= 11 is 7.05. The highest BCUT2D eigenvalue weighted by molar-refractivity contribution is 7.87. The van der Waals surface area contributed by atoms with Gasteiger partial charge in [0.1, 0.15) is 17.7 Å². The Labute approximate surface area is 192 Å². The third kappa shape index (κ3) is 4.66. The molecule has 1 aliphatic heterocycles. The van der Waals surface area contributed by atoms with Crippen LogP contribution in [0.2, 0.25) is 5.02 Å². The minimum atomic E-state index is -3.94. The van der Waals surface area contributed by atoms with Gasteiger partial charge >= 0.3 is 0 Å². The van der Waals surface area contributed by atoms with E-state index in [0.717, 1.165) is 21.4 Å². The number of halogens is 3. The summed E-state index contributed by atoms with van der Waals surface area (Å²) in [6.45, 7) is 0. The van der Waals surface area contributed by atoms with Crippen LogP contribution >= 0.6 is 22.9 Å². The Bertz CT molecular complexity index is 1270. The van der Waals surface area contributed by atoms with Crippen LogP contribution in [0, 0.1) is 11.6 Å². The fourth-order valence-corrected chi connectivity index (χ4v) is 5.87. The highest BCUT2D eigenvalue weighted by atomic mass is 35.5. The highest BCUT2D eigenvalue weighted by Gasteiger charge is 2.41. The van der Waals surface area contributed by atoms with Gasteiger partial charge in [0.05, 0.1) is 27.8 Å². The zero-order chi connectivity index (χ0) is 23.0. The van der Waals surface area contributed by atoms with Gasteiger partial charge in [0.25, 0.3) is 10.2 Å². The molecule has 0 unspecified atom stereocenters. The Morgan fingerprint density at radius 3 is 2.72 bits per heavy atom. The second-order valence-electron chi connectivity index (χ2n) is 7.12. The van der Waals surface area contributed by atoms with Gasteiger partial charge in [-0.1, -0.05) is 11.6 Å². The van der Waals surface area contributed by atoms with E-state index >= 15 is 0 Å². The molecule has 3 heterocycles. The van der Waals surface area contributed by atoms with Crippen LogP contribution in [0.1, 0.15) is 17.3 Å². The van der Waals surface area contributed by atoms with E-state index < -0.39 is 39.8 Å². The van der Waals surface area contributed by atoms with Crippen LogP contribution in [0.15, 0.2) is 48.7 Å². The van der Waals surface area contributed by atoms with Crippen molar-refractivity contribution in [1.82, 2.24) is 14.0 Å². The monoisotopic (exact) mass is 498 g/mol. The fraction of sp³-hybridized carbons (Fsp3) is 0.200. The SMILES string of the molecule is CN1[C@@H](C(=O)Nc2ccc(F)c(Cl)c2)C[C@@H](c2ccc(-c3ccc(F)cn3)s2)NS1(=O)=O. The maximum absolute atomic E-state index is 13.4. The lowest BCUT2D eigenvalue weighted by molar-refractivity contribution is -0.120. The number of anilines is 1. The van der Waals surface area contributed by atoms with Crippen LogP contribution in [-0.2, 0) is 15.0 Å². The molecule has 1 aliphatic rings. The van der Waals surface area contributed by atoms with Crippen molar-refractivity contribution in [3.05, 3.63) is 70.2 Å². The van der Waals surface area contributed by atoms with Crippen molar-refractivity contribution in [1.29, 1.82) is 0 Å². The average molecular weight is 499 g/mol. The third-order valence-corrected chi connectivity index (χ3v) is 8.11. The topological polar surface area (TPSA) is 91.4 Å². The number of nitrogens with one attached hydrogen (secondary N) is 2. The molecule has 0 saturated carbocycles. The predicted octanol–water partition coefficient (Wildman–Crippen LogP) is 3.96. The number of carbonyl (C=O) groups excluding carboxylic acids is 1. The molecule has 12 heteroatoms. The lowest BCUT2D eigenvalue weighted by atomic mass is 10.1. The lowest BCUT2D eigenvalue weighted by Gasteiger charge is -2.35. The summed E-state index contributed by atoms with van der Waals surface area (Å²) in [5.41, 5.74) is 0.809. The van der Waals surface area contributed by atoms with Crippen LogP contribution in [0.5, 0.6) is 0 Å². The molecule has 1 fully saturated rings. The summed E-state index contributed by atoms with van der Waals surface area (Å²) < 4.78 is 55.4. The molecule has 4 rings (SSSR count). The van der Waals surface area contributed by atoms with Crippen molar-refractivity contribution in [2.45, 2.75) is 18.5 Å². The first-order valence-electron chi connectivity index (χ1n) is 9.37. The van der Waals surface area contributed by atoms with Gasteiger partial charge in [-0.3, -0.25) is 9.78 Å². The zero-order valence-corrected chi connectivity index (χ0v) is 18.9. The Kier molecular flexibility index (Phi) is 6.28. The lowest BCUT2D eigenvalue weighted by Crippen LogP contribution is -2.55. The first-order chi connectivity index (χ1) is 15.1. The van der Waals surface area contributed by atoms with Crippen molar-refractivity contribution < 1.29 is 22.0 Å². The number of hydrogen-bond donors (Lipinski definition) is 2. The number of rotatable bonds is 4. The first kappa shape index (κ1) is 22.7. The number of likely N-dealkylation sites (N-methyl/N-ethyl adjacent to an activating group) is 1. The number of pyridine rings is 1. The van der Waals surface area contributed by atoms with Gasteiger partial charge in [-0.2, -0.15) is 17.4 Å². The van der Waals surface area contributed by atoms with Crippen LogP contribution in [0.25, 0.3) is 10.6 Å². The predicted molar refractivity (Wildman–Crippen MR) is 119 cm³/mol. The Morgan fingerprint density at radius 2 is 2.03 bits per heavy atom. The van der Waals surface area contributed by atoms with Crippen molar-refractivity contribution in [2.75, 3.05) is 12.4 Å². The molecule has 1 saturated heterocycles. The number of carbonyl (C=O) groups is 1. The summed E-state index contributed by atoms with van der Waals surface area (Å²) in [5, 5.41) is 2.43. The Hall–Kier alpha value is -2.44. The summed E-state index contributed by atoms with van der Waals surface area (Å²) in [7, 11) is -2.63. The maximum Gasteiger partial charge on any atom is 0.280 e. The van der Waals surface area contributed by atoms with Gasteiger partial charge in [-0.15, -0.1) is 11.3 Å². The van der Waals surface area contributed by atoms with E-state index in [9.17, 15) is 22.0 Å². The van der Waals surface area contributed by atoms with E-state index in [2.05, 4.69) is 15.0 Å². The molecule has 2 aromatic heterocycles. The van der Waals surface area contributed by atoms with Crippen molar-refractivity contribution in [3.8, 4) is 10.6 Å². The summed E-state index contributed by atoms with van der Waals surface area (Å²) in [6, 6.07) is 8.39. The zero-order valence-electron chi connectivity index (χ0n) is 16.6. The van der Waals surface area contributed by atoms with E-state index in [1.807, 2.05) is 0 Å². The van der Waals surface area contributed by atoms with Gasteiger partial charge in [0, 0.05) is 17.6 Å². The molecule has 0 aliphatic carbocycles. The maximum atomic E-state index is 13.4. The number of nitrogens with zero attached hydrogens (tertiary/aromatic N) is 2. The van der Waals surface area contributed by atoms with Crippen LogP contribution < -0.4 is 10.0 Å². The highest BCUT2D eigenvalue weighted by Crippen LogP contribution is 2.35. The van der Waals surface area contributed by atoms with Crippen molar-refractivity contribution in [3.63, 3.8) is 0 Å². The van der Waals surface area contributed by atoms with E-state index in [1.54, 1.807) is 12.1 Å². The standard InChI is InChI=1S/C20H17ClF2N4O3S2/c1-27-17(20(28)25-12-3-4-14(23)13(21)8-12)9-16(26-32(27,29)30)19-7-6-18(31-19)15-5-2-11(22)10-24-15/h2-8,10,16-17,26H,9H2,1H3,(H,25,28)/t16-,17+/m0/s1. The van der Waals surface area contributed by atoms with Crippen molar-refractivity contribution in [2.24, 2.45) is 0 Å². The van der Waals surface area contributed by atoms with Gasteiger partial charge in [0.15, 0.2) is 0 Å². The van der Waals surface area contributed by atoms with E-state index in [0.29, 0.717) is 10.6 Å². The van der Waals surface area contributed by atoms with E-state index in [1.165, 1.54) is 42.6 Å². The number of aromatic nitrogens is 1. The van der Waals surface area contributed by atoms with Crippen molar-refractivity contribution >= 4 is 44.7 Å². The fourth-order valence-electron chi connectivity index (χ4n) is 3.30. The second-order valence-corrected chi connectivity index (χ2v) is 10.4. The summed E-state index contributed by atoms with van der Waals surface area (Å²) in [5.74, 6) is -1.65. The normalized spacial score (nSPS) is 20.8. The van der Waals surface area contributed by atoms with Crippen LogP contribution in [0.3, 0.4) is 0 Å². The molecule has 0 radical (unpaired) electrons. The number of amides is 1. The molecule has 32 heavy (non-hydrogen) atoms. The number of benzene rings is 1. The molecule has 1 aromatic carbocycles. The second kappa shape index (κ2) is 8.83. The molecule has 2 N–H and O–H groups in total. The number of thiophene rings is 1. The van der Waals surface area contributed by atoms with E-state index in [4.69, 9.17) is 11.6 Å². The minimum Gasteiger partial charge on any atom is -0.325 e.